The van der Waals surface area contributed by atoms with Crippen LogP contribution in [0.25, 0.3) is 0 Å². The van der Waals surface area contributed by atoms with Crippen LogP contribution >= 0.6 is 12.6 Å². The van der Waals surface area contributed by atoms with Crippen LogP contribution in [0, 0.1) is 0 Å². The number of aldehydes is 1. The van der Waals surface area contributed by atoms with Crippen molar-refractivity contribution in [2.45, 2.75) is 12.2 Å². The monoisotopic (exact) mass is 144 g/mol. The Kier molecular flexibility index (Phi) is 4.05. The van der Waals surface area contributed by atoms with Crippen molar-refractivity contribution in [3.63, 3.8) is 0 Å². The van der Waals surface area contributed by atoms with Crippen molar-refractivity contribution >= 4 is 24.7 Å². The smallest absolute Gasteiger partial charge is 0.152 e. The molecule has 0 aliphatic carbocycles. The van der Waals surface area contributed by atoms with Gasteiger partial charge in [0.2, 0.25) is 0 Å². The maximum atomic E-state index is 10.2. The van der Waals surface area contributed by atoms with E-state index in [1.165, 1.54) is 19.1 Å². The van der Waals surface area contributed by atoms with Gasteiger partial charge in [-0.15, -0.1) is 0 Å². The molecule has 0 bridgehead atoms. The number of hydrogen-bond donors (Lipinski definition) is 1. The Morgan fingerprint density at radius 3 is 2.56 bits per heavy atom. The van der Waals surface area contributed by atoms with E-state index >= 15 is 0 Å². The SMILES string of the molecule is CC(=O)C=CC(S)C=O. The van der Waals surface area contributed by atoms with E-state index in [0.29, 0.717) is 6.29 Å². The van der Waals surface area contributed by atoms with Crippen LogP contribution in [-0.2, 0) is 9.59 Å². The molecule has 1 atom stereocenters. The second-order valence-corrected chi connectivity index (χ2v) is 2.19. The first-order valence-corrected chi connectivity index (χ1v) is 3.00. The summed E-state index contributed by atoms with van der Waals surface area (Å²) in [7, 11) is 0. The minimum atomic E-state index is -0.450. The van der Waals surface area contributed by atoms with Gasteiger partial charge in [0.15, 0.2) is 5.78 Å². The van der Waals surface area contributed by atoms with Gasteiger partial charge in [-0.3, -0.25) is 4.79 Å². The second kappa shape index (κ2) is 4.32. The predicted octanol–water partition coefficient (Wildman–Crippen LogP) is 0.629. The largest absolute Gasteiger partial charge is 0.302 e. The van der Waals surface area contributed by atoms with Crippen molar-refractivity contribution in [2.75, 3.05) is 0 Å². The average Bonchev–Trinajstić information content (AvgIpc) is 1.83. The van der Waals surface area contributed by atoms with E-state index in [2.05, 4.69) is 12.6 Å². The molecular weight excluding hydrogens is 136 g/mol. The lowest BCUT2D eigenvalue weighted by molar-refractivity contribution is -0.112. The molecule has 9 heavy (non-hydrogen) atoms. The van der Waals surface area contributed by atoms with Gasteiger partial charge in [-0.05, 0) is 13.0 Å². The molecule has 0 aromatic rings. The quantitative estimate of drug-likeness (QED) is 0.358. The lowest BCUT2D eigenvalue weighted by atomic mass is 10.3. The van der Waals surface area contributed by atoms with Crippen LogP contribution in [0.15, 0.2) is 12.2 Å². The van der Waals surface area contributed by atoms with Crippen LogP contribution in [-0.4, -0.2) is 17.3 Å². The fourth-order valence-corrected chi connectivity index (χ4v) is 0.366. The minimum Gasteiger partial charge on any atom is -0.302 e. The van der Waals surface area contributed by atoms with Gasteiger partial charge in [0.25, 0.3) is 0 Å². The molecule has 2 nitrogen and oxygen atoms in total. The highest BCUT2D eigenvalue weighted by Gasteiger charge is 1.91. The normalized spacial score (nSPS) is 13.6. The lowest BCUT2D eigenvalue weighted by Crippen LogP contribution is -1.94. The van der Waals surface area contributed by atoms with Gasteiger partial charge in [-0.2, -0.15) is 12.6 Å². The Hall–Kier alpha value is -0.570. The molecule has 0 spiro atoms. The van der Waals surface area contributed by atoms with Crippen molar-refractivity contribution in [1.82, 2.24) is 0 Å². The molecule has 0 aromatic heterocycles. The topological polar surface area (TPSA) is 34.1 Å². The molecule has 0 rings (SSSR count). The van der Waals surface area contributed by atoms with Crippen LogP contribution < -0.4 is 0 Å². The zero-order valence-corrected chi connectivity index (χ0v) is 5.97. The van der Waals surface area contributed by atoms with Crippen molar-refractivity contribution in [3.8, 4) is 0 Å². The summed E-state index contributed by atoms with van der Waals surface area (Å²) in [5, 5.41) is -0.450. The molecule has 0 aliphatic rings. The van der Waals surface area contributed by atoms with Crippen molar-refractivity contribution in [2.24, 2.45) is 0 Å². The Morgan fingerprint density at radius 2 is 2.22 bits per heavy atom. The summed E-state index contributed by atoms with van der Waals surface area (Å²) in [6, 6.07) is 0. The van der Waals surface area contributed by atoms with Gasteiger partial charge in [0.05, 0.1) is 5.25 Å². The molecule has 0 saturated carbocycles. The van der Waals surface area contributed by atoms with Crippen molar-refractivity contribution in [3.05, 3.63) is 12.2 Å². The van der Waals surface area contributed by atoms with E-state index in [1.54, 1.807) is 0 Å². The highest BCUT2D eigenvalue weighted by Crippen LogP contribution is 1.91. The molecule has 3 heteroatoms. The second-order valence-electron chi connectivity index (χ2n) is 1.60. The summed E-state index contributed by atoms with van der Waals surface area (Å²) in [5.74, 6) is -0.0732. The van der Waals surface area contributed by atoms with E-state index in [0.717, 1.165) is 0 Å². The molecule has 0 radical (unpaired) electrons. The summed E-state index contributed by atoms with van der Waals surface area (Å²) in [6.07, 6.45) is 3.42. The van der Waals surface area contributed by atoms with E-state index < -0.39 is 5.25 Å². The van der Waals surface area contributed by atoms with Crippen molar-refractivity contribution in [1.29, 1.82) is 0 Å². The molecule has 0 aliphatic heterocycles. The summed E-state index contributed by atoms with van der Waals surface area (Å²) in [6.45, 7) is 1.42. The molecule has 50 valence electrons. The highest BCUT2D eigenvalue weighted by atomic mass is 32.1. The van der Waals surface area contributed by atoms with E-state index in [1.807, 2.05) is 0 Å². The number of allylic oxidation sites excluding steroid dienone is 1. The molecule has 0 saturated heterocycles. The third kappa shape index (κ3) is 5.30. The summed E-state index contributed by atoms with van der Waals surface area (Å²) >= 11 is 3.80. The molecule has 0 amide bonds. The standard InChI is InChI=1S/C6H8O2S/c1-5(8)2-3-6(9)4-7/h2-4,6,9H,1H3. The Morgan fingerprint density at radius 1 is 1.67 bits per heavy atom. The summed E-state index contributed by atoms with van der Waals surface area (Å²) in [4.78, 5) is 20.1. The fourth-order valence-electron chi connectivity index (χ4n) is 0.279. The van der Waals surface area contributed by atoms with E-state index in [-0.39, 0.29) is 5.78 Å². The van der Waals surface area contributed by atoms with Gasteiger partial charge in [0.1, 0.15) is 6.29 Å². The number of carbonyl (C=O) groups is 2. The van der Waals surface area contributed by atoms with Crippen LogP contribution in [0.3, 0.4) is 0 Å². The number of thiol groups is 1. The maximum absolute atomic E-state index is 10.2. The molecule has 0 aromatic carbocycles. The molecule has 0 heterocycles. The average molecular weight is 144 g/mol. The van der Waals surface area contributed by atoms with Gasteiger partial charge in [-0.1, -0.05) is 6.08 Å². The molecular formula is C6H8O2S. The zero-order chi connectivity index (χ0) is 7.28. The number of hydrogen-bond acceptors (Lipinski definition) is 3. The fraction of sp³-hybridized carbons (Fsp3) is 0.333. The van der Waals surface area contributed by atoms with Gasteiger partial charge >= 0.3 is 0 Å². The Balaban J connectivity index is 3.69. The van der Waals surface area contributed by atoms with Crippen molar-refractivity contribution < 1.29 is 9.59 Å². The van der Waals surface area contributed by atoms with Crippen LogP contribution in [0.1, 0.15) is 6.92 Å². The van der Waals surface area contributed by atoms with Crippen LogP contribution in [0.4, 0.5) is 0 Å². The van der Waals surface area contributed by atoms with Gasteiger partial charge in [0, 0.05) is 0 Å². The van der Waals surface area contributed by atoms with Gasteiger partial charge < -0.3 is 4.79 Å². The van der Waals surface area contributed by atoms with Crippen LogP contribution in [0.2, 0.25) is 0 Å². The highest BCUT2D eigenvalue weighted by molar-refractivity contribution is 7.81. The van der Waals surface area contributed by atoms with E-state index in [9.17, 15) is 9.59 Å². The first-order valence-electron chi connectivity index (χ1n) is 2.49. The first kappa shape index (κ1) is 8.43. The Labute approximate surface area is 59.4 Å². The first-order chi connectivity index (χ1) is 4.16. The number of rotatable bonds is 3. The third-order valence-electron chi connectivity index (χ3n) is 0.668. The van der Waals surface area contributed by atoms with Crippen LogP contribution in [0.5, 0.6) is 0 Å². The van der Waals surface area contributed by atoms with E-state index in [4.69, 9.17) is 0 Å². The number of ketones is 1. The molecule has 0 fully saturated rings. The summed E-state index contributed by atoms with van der Waals surface area (Å²) in [5.41, 5.74) is 0. The Bertz CT molecular complexity index is 140. The number of carbonyl (C=O) groups excluding carboxylic acids is 2. The maximum Gasteiger partial charge on any atom is 0.152 e. The van der Waals surface area contributed by atoms with Gasteiger partial charge in [-0.25, -0.2) is 0 Å². The minimum absolute atomic E-state index is 0.0732. The zero-order valence-electron chi connectivity index (χ0n) is 5.07. The summed E-state index contributed by atoms with van der Waals surface area (Å²) < 4.78 is 0. The molecule has 1 unspecified atom stereocenters. The molecule has 0 N–H and O–H groups in total. The predicted molar refractivity (Wildman–Crippen MR) is 38.7 cm³/mol. The lowest BCUT2D eigenvalue weighted by Gasteiger charge is -1.87. The third-order valence-corrected chi connectivity index (χ3v) is 0.961.